The number of benzene rings is 2. The largest absolute Gasteiger partial charge is 0.488 e. The number of rotatable bonds is 4. The van der Waals surface area contributed by atoms with Crippen molar-refractivity contribution in [2.24, 2.45) is 4.99 Å². The topological polar surface area (TPSA) is 21.6 Å². The number of aryl methyl sites for hydroxylation is 1. The number of hydrogen-bond acceptors (Lipinski definition) is 3. The van der Waals surface area contributed by atoms with Gasteiger partial charge in [-0.15, -0.1) is 11.8 Å². The maximum Gasteiger partial charge on any atom is 0.133 e. The van der Waals surface area contributed by atoms with Crippen LogP contribution in [-0.4, -0.2) is 17.3 Å². The third kappa shape index (κ3) is 3.80. The lowest BCUT2D eigenvalue weighted by Gasteiger charge is -2.10. The van der Waals surface area contributed by atoms with Crippen molar-refractivity contribution in [1.82, 2.24) is 0 Å². The molecule has 0 saturated carbocycles. The molecule has 0 unspecified atom stereocenters. The van der Waals surface area contributed by atoms with Crippen molar-refractivity contribution in [2.45, 2.75) is 13.5 Å². The van der Waals surface area contributed by atoms with E-state index in [2.05, 4.69) is 70.9 Å². The van der Waals surface area contributed by atoms with Gasteiger partial charge < -0.3 is 4.74 Å². The fraction of sp³-hybridized carbons (Fsp3) is 0.235. The van der Waals surface area contributed by atoms with Gasteiger partial charge in [-0.05, 0) is 53.3 Å². The van der Waals surface area contributed by atoms with E-state index in [1.165, 1.54) is 16.7 Å². The summed E-state index contributed by atoms with van der Waals surface area (Å²) in [6, 6.07) is 14.7. The van der Waals surface area contributed by atoms with Crippen LogP contribution in [0.2, 0.25) is 0 Å². The maximum atomic E-state index is 5.94. The van der Waals surface area contributed by atoms with Crippen molar-refractivity contribution in [3.63, 3.8) is 0 Å². The molecule has 0 atom stereocenters. The Morgan fingerprint density at radius 3 is 2.86 bits per heavy atom. The van der Waals surface area contributed by atoms with Crippen LogP contribution in [0.1, 0.15) is 16.7 Å². The number of halogens is 1. The monoisotopic (exact) mass is 409 g/mol. The first-order valence-corrected chi connectivity index (χ1v) is 8.94. The Hall–Kier alpha value is -1.01. The molecule has 1 aliphatic heterocycles. The summed E-state index contributed by atoms with van der Waals surface area (Å²) in [5.41, 5.74) is 3.66. The summed E-state index contributed by atoms with van der Waals surface area (Å²) in [6.07, 6.45) is 0. The van der Waals surface area contributed by atoms with E-state index in [4.69, 9.17) is 4.74 Å². The van der Waals surface area contributed by atoms with Crippen molar-refractivity contribution >= 4 is 39.4 Å². The second-order valence-corrected chi connectivity index (χ2v) is 7.20. The second-order valence-electron chi connectivity index (χ2n) is 4.96. The zero-order valence-corrected chi connectivity index (χ0v) is 14.8. The van der Waals surface area contributed by atoms with Crippen molar-refractivity contribution in [3.05, 3.63) is 62.7 Å². The first kappa shape index (κ1) is 14.9. The lowest BCUT2D eigenvalue weighted by Crippen LogP contribution is -1.99. The molecule has 0 aliphatic carbocycles. The van der Waals surface area contributed by atoms with Gasteiger partial charge in [0.2, 0.25) is 0 Å². The van der Waals surface area contributed by atoms with E-state index in [0.717, 1.165) is 26.7 Å². The Labute approximate surface area is 143 Å². The fourth-order valence-corrected chi connectivity index (χ4v) is 3.75. The average Bonchev–Trinajstić information content (AvgIpc) is 3.00. The summed E-state index contributed by atoms with van der Waals surface area (Å²) >= 11 is 4.16. The molecule has 0 N–H and O–H groups in total. The van der Waals surface area contributed by atoms with Crippen LogP contribution >= 0.6 is 34.4 Å². The second kappa shape index (κ2) is 6.83. The summed E-state index contributed by atoms with van der Waals surface area (Å²) in [6.45, 7) is 3.64. The predicted molar refractivity (Wildman–Crippen MR) is 98.5 cm³/mol. The van der Waals surface area contributed by atoms with Crippen molar-refractivity contribution in [1.29, 1.82) is 0 Å². The van der Waals surface area contributed by atoms with Crippen LogP contribution in [0.5, 0.6) is 5.75 Å². The smallest absolute Gasteiger partial charge is 0.133 e. The molecule has 0 amide bonds. The summed E-state index contributed by atoms with van der Waals surface area (Å²) in [7, 11) is 0. The minimum Gasteiger partial charge on any atom is -0.488 e. The van der Waals surface area contributed by atoms with Crippen LogP contribution in [0.25, 0.3) is 0 Å². The van der Waals surface area contributed by atoms with Gasteiger partial charge >= 0.3 is 0 Å². The van der Waals surface area contributed by atoms with Crippen LogP contribution < -0.4 is 4.74 Å². The molecule has 0 aromatic heterocycles. The van der Waals surface area contributed by atoms with Gasteiger partial charge in [-0.25, -0.2) is 0 Å². The Bertz CT molecular complexity index is 684. The Balaban J connectivity index is 1.71. The summed E-state index contributed by atoms with van der Waals surface area (Å²) in [5.74, 6) is 2.03. The van der Waals surface area contributed by atoms with Crippen molar-refractivity contribution < 1.29 is 4.74 Å². The van der Waals surface area contributed by atoms with Gasteiger partial charge in [0.25, 0.3) is 0 Å². The zero-order valence-electron chi connectivity index (χ0n) is 11.8. The normalized spacial score (nSPS) is 14.1. The number of hydrogen-bond donors (Lipinski definition) is 0. The molecule has 2 aromatic rings. The first-order chi connectivity index (χ1) is 10.2. The van der Waals surface area contributed by atoms with Crippen molar-refractivity contribution in [2.75, 3.05) is 12.3 Å². The van der Waals surface area contributed by atoms with E-state index >= 15 is 0 Å². The molecule has 2 aromatic carbocycles. The standard InChI is InChI=1S/C17H16INOS/c1-12-3-2-4-13(9-12)11-20-16-6-5-14(10-15(16)18)17-19-7-8-21-17/h2-6,9-10H,7-8,11H2,1H3. The lowest BCUT2D eigenvalue weighted by molar-refractivity contribution is 0.304. The van der Waals surface area contributed by atoms with E-state index in [9.17, 15) is 0 Å². The summed E-state index contributed by atoms with van der Waals surface area (Å²) < 4.78 is 7.07. The van der Waals surface area contributed by atoms with E-state index in [1.807, 2.05) is 17.8 Å². The Morgan fingerprint density at radius 1 is 1.24 bits per heavy atom. The highest BCUT2D eigenvalue weighted by atomic mass is 127. The highest BCUT2D eigenvalue weighted by Gasteiger charge is 2.11. The molecule has 0 saturated heterocycles. The highest BCUT2D eigenvalue weighted by Crippen LogP contribution is 2.27. The minimum absolute atomic E-state index is 0.604. The third-order valence-electron chi connectivity index (χ3n) is 3.24. The molecule has 4 heteroatoms. The van der Waals surface area contributed by atoms with E-state index in [0.29, 0.717) is 6.61 Å². The highest BCUT2D eigenvalue weighted by molar-refractivity contribution is 14.1. The molecule has 1 aliphatic rings. The fourth-order valence-electron chi connectivity index (χ4n) is 2.22. The molecule has 3 rings (SSSR count). The van der Waals surface area contributed by atoms with Gasteiger partial charge in [-0.2, -0.15) is 0 Å². The van der Waals surface area contributed by atoms with Gasteiger partial charge in [0.05, 0.1) is 8.61 Å². The van der Waals surface area contributed by atoms with Gasteiger partial charge in [-0.3, -0.25) is 4.99 Å². The van der Waals surface area contributed by atoms with Crippen LogP contribution in [0.15, 0.2) is 47.5 Å². The van der Waals surface area contributed by atoms with E-state index < -0.39 is 0 Å². The molecular formula is C17H16INOS. The number of aliphatic imine (C=N–C) groups is 1. The Kier molecular flexibility index (Phi) is 4.85. The number of nitrogens with zero attached hydrogens (tertiary/aromatic N) is 1. The SMILES string of the molecule is Cc1cccc(COc2ccc(C3=NCCS3)cc2I)c1. The zero-order chi connectivity index (χ0) is 14.7. The van der Waals surface area contributed by atoms with Crippen LogP contribution in [-0.2, 0) is 6.61 Å². The molecule has 1 heterocycles. The van der Waals surface area contributed by atoms with E-state index in [-0.39, 0.29) is 0 Å². The van der Waals surface area contributed by atoms with Crippen LogP contribution in [0, 0.1) is 10.5 Å². The molecule has 108 valence electrons. The molecule has 21 heavy (non-hydrogen) atoms. The Morgan fingerprint density at radius 2 is 2.14 bits per heavy atom. The lowest BCUT2D eigenvalue weighted by atomic mass is 10.1. The molecular weight excluding hydrogens is 393 g/mol. The molecule has 2 nitrogen and oxygen atoms in total. The molecule has 0 bridgehead atoms. The van der Waals surface area contributed by atoms with Crippen LogP contribution in [0.3, 0.4) is 0 Å². The number of ether oxygens (including phenoxy) is 1. The van der Waals surface area contributed by atoms with Crippen molar-refractivity contribution in [3.8, 4) is 5.75 Å². The quantitative estimate of drug-likeness (QED) is 0.685. The average molecular weight is 409 g/mol. The molecule has 0 spiro atoms. The molecule has 0 fully saturated rings. The minimum atomic E-state index is 0.604. The summed E-state index contributed by atoms with van der Waals surface area (Å²) in [4.78, 5) is 4.52. The number of thioether (sulfide) groups is 1. The first-order valence-electron chi connectivity index (χ1n) is 6.88. The third-order valence-corrected chi connectivity index (χ3v) is 5.11. The maximum absolute atomic E-state index is 5.94. The van der Waals surface area contributed by atoms with Gasteiger partial charge in [-0.1, -0.05) is 29.8 Å². The molecule has 0 radical (unpaired) electrons. The predicted octanol–water partition coefficient (Wildman–Crippen LogP) is 4.67. The van der Waals surface area contributed by atoms with Gasteiger partial charge in [0.15, 0.2) is 0 Å². The van der Waals surface area contributed by atoms with E-state index in [1.54, 1.807) is 0 Å². The van der Waals surface area contributed by atoms with Crippen LogP contribution in [0.4, 0.5) is 0 Å². The van der Waals surface area contributed by atoms with Gasteiger partial charge in [0, 0.05) is 17.9 Å². The summed E-state index contributed by atoms with van der Waals surface area (Å²) in [5, 5.41) is 1.15. The van der Waals surface area contributed by atoms with Gasteiger partial charge in [0.1, 0.15) is 12.4 Å².